The molecule has 1 aromatic heterocycles. The predicted molar refractivity (Wildman–Crippen MR) is 69.7 cm³/mol. The highest BCUT2D eigenvalue weighted by atomic mass is 35.5. The van der Waals surface area contributed by atoms with Gasteiger partial charge in [-0.2, -0.15) is 0 Å². The van der Waals surface area contributed by atoms with Crippen LogP contribution in [-0.4, -0.2) is 40.1 Å². The first-order valence-corrected chi connectivity index (χ1v) is 6.46. The Labute approximate surface area is 112 Å². The molecular formula is C13H17ClN2O2. The minimum atomic E-state index is -0.319. The molecule has 0 saturated carbocycles. The molecule has 1 N–H and O–H groups in total. The third-order valence-electron chi connectivity index (χ3n) is 3.37. The Bertz CT molecular complexity index is 464. The molecule has 0 spiro atoms. The fourth-order valence-electron chi connectivity index (χ4n) is 2.17. The van der Waals surface area contributed by atoms with Crippen LogP contribution in [0.1, 0.15) is 29.4 Å². The van der Waals surface area contributed by atoms with Gasteiger partial charge in [-0.05, 0) is 25.3 Å². The SMILES string of the molecule is Cc1cc(Cl)c(C(=O)N2CCC(O)C(C)C2)cn1. The fourth-order valence-corrected chi connectivity index (χ4v) is 2.46. The summed E-state index contributed by atoms with van der Waals surface area (Å²) in [6, 6.07) is 1.69. The Morgan fingerprint density at radius 3 is 2.94 bits per heavy atom. The Balaban J connectivity index is 2.16. The van der Waals surface area contributed by atoms with Crippen molar-refractivity contribution in [1.29, 1.82) is 0 Å². The minimum absolute atomic E-state index is 0.0971. The lowest BCUT2D eigenvalue weighted by Crippen LogP contribution is -2.45. The number of pyridine rings is 1. The van der Waals surface area contributed by atoms with E-state index in [1.54, 1.807) is 11.0 Å². The molecule has 2 rings (SSSR count). The lowest BCUT2D eigenvalue weighted by molar-refractivity contribution is 0.0297. The molecular weight excluding hydrogens is 252 g/mol. The maximum atomic E-state index is 12.3. The third-order valence-corrected chi connectivity index (χ3v) is 3.68. The number of aliphatic hydroxyl groups is 1. The van der Waals surface area contributed by atoms with Crippen molar-refractivity contribution in [3.8, 4) is 0 Å². The monoisotopic (exact) mass is 268 g/mol. The van der Waals surface area contributed by atoms with E-state index in [0.29, 0.717) is 30.1 Å². The van der Waals surface area contributed by atoms with Gasteiger partial charge in [0.15, 0.2) is 0 Å². The zero-order valence-electron chi connectivity index (χ0n) is 10.6. The molecule has 1 aliphatic rings. The van der Waals surface area contributed by atoms with Crippen molar-refractivity contribution < 1.29 is 9.90 Å². The van der Waals surface area contributed by atoms with Crippen molar-refractivity contribution in [2.75, 3.05) is 13.1 Å². The normalized spacial score (nSPS) is 24.1. The summed E-state index contributed by atoms with van der Waals surface area (Å²) in [7, 11) is 0. The number of carbonyl (C=O) groups is 1. The molecule has 2 heterocycles. The van der Waals surface area contributed by atoms with Gasteiger partial charge >= 0.3 is 0 Å². The number of rotatable bonds is 1. The first-order valence-electron chi connectivity index (χ1n) is 6.08. The molecule has 98 valence electrons. The van der Waals surface area contributed by atoms with E-state index in [1.165, 1.54) is 6.20 Å². The summed E-state index contributed by atoms with van der Waals surface area (Å²) in [5.41, 5.74) is 1.23. The van der Waals surface area contributed by atoms with Gasteiger partial charge in [-0.3, -0.25) is 9.78 Å². The van der Waals surface area contributed by atoms with Crippen LogP contribution >= 0.6 is 11.6 Å². The maximum Gasteiger partial charge on any atom is 0.256 e. The largest absolute Gasteiger partial charge is 0.393 e. The number of aromatic nitrogens is 1. The van der Waals surface area contributed by atoms with E-state index in [9.17, 15) is 9.90 Å². The van der Waals surface area contributed by atoms with Gasteiger partial charge in [-0.15, -0.1) is 0 Å². The van der Waals surface area contributed by atoms with Crippen molar-refractivity contribution in [3.63, 3.8) is 0 Å². The van der Waals surface area contributed by atoms with Crippen molar-refractivity contribution in [3.05, 3.63) is 28.5 Å². The van der Waals surface area contributed by atoms with Crippen LogP contribution in [0.15, 0.2) is 12.3 Å². The van der Waals surface area contributed by atoms with E-state index in [4.69, 9.17) is 11.6 Å². The highest BCUT2D eigenvalue weighted by Crippen LogP contribution is 2.22. The van der Waals surface area contributed by atoms with E-state index < -0.39 is 0 Å². The second kappa shape index (κ2) is 5.24. The predicted octanol–water partition coefficient (Wildman–Crippen LogP) is 1.89. The minimum Gasteiger partial charge on any atom is -0.393 e. The Hall–Kier alpha value is -1.13. The van der Waals surface area contributed by atoms with Crippen molar-refractivity contribution >= 4 is 17.5 Å². The maximum absolute atomic E-state index is 12.3. The van der Waals surface area contributed by atoms with Crippen LogP contribution in [0.5, 0.6) is 0 Å². The third kappa shape index (κ3) is 2.65. The van der Waals surface area contributed by atoms with Gasteiger partial charge < -0.3 is 10.0 Å². The second-order valence-electron chi connectivity index (χ2n) is 4.89. The molecule has 1 fully saturated rings. The van der Waals surface area contributed by atoms with Crippen LogP contribution in [0.25, 0.3) is 0 Å². The molecule has 2 atom stereocenters. The number of halogens is 1. The van der Waals surface area contributed by atoms with Gasteiger partial charge in [0, 0.05) is 25.0 Å². The average Bonchev–Trinajstić information content (AvgIpc) is 2.32. The van der Waals surface area contributed by atoms with Crippen LogP contribution in [0.2, 0.25) is 5.02 Å². The summed E-state index contributed by atoms with van der Waals surface area (Å²) in [5, 5.41) is 10.1. The summed E-state index contributed by atoms with van der Waals surface area (Å²) in [4.78, 5) is 18.1. The number of aliphatic hydroxyl groups excluding tert-OH is 1. The zero-order chi connectivity index (χ0) is 13.3. The molecule has 0 bridgehead atoms. The highest BCUT2D eigenvalue weighted by Gasteiger charge is 2.28. The van der Waals surface area contributed by atoms with Crippen molar-refractivity contribution in [2.24, 2.45) is 5.92 Å². The number of amides is 1. The zero-order valence-corrected chi connectivity index (χ0v) is 11.3. The molecule has 2 unspecified atom stereocenters. The molecule has 0 aromatic carbocycles. The molecule has 1 saturated heterocycles. The van der Waals surface area contributed by atoms with Crippen molar-refractivity contribution in [1.82, 2.24) is 9.88 Å². The van der Waals surface area contributed by atoms with Crippen molar-refractivity contribution in [2.45, 2.75) is 26.4 Å². The smallest absolute Gasteiger partial charge is 0.256 e. The molecule has 18 heavy (non-hydrogen) atoms. The summed E-state index contributed by atoms with van der Waals surface area (Å²) in [6.07, 6.45) is 1.82. The number of hydrogen-bond donors (Lipinski definition) is 1. The summed E-state index contributed by atoms with van der Waals surface area (Å²) < 4.78 is 0. The fraction of sp³-hybridized carbons (Fsp3) is 0.538. The van der Waals surface area contributed by atoms with E-state index in [-0.39, 0.29) is 17.9 Å². The Morgan fingerprint density at radius 2 is 2.33 bits per heavy atom. The Morgan fingerprint density at radius 1 is 1.61 bits per heavy atom. The standard InChI is InChI=1S/C13H17ClN2O2/c1-8-7-16(4-3-12(8)17)13(18)10-6-15-9(2)5-11(10)14/h5-6,8,12,17H,3-4,7H2,1-2H3. The second-order valence-corrected chi connectivity index (χ2v) is 5.30. The lowest BCUT2D eigenvalue weighted by atomic mass is 9.96. The van der Waals surface area contributed by atoms with E-state index >= 15 is 0 Å². The number of aryl methyl sites for hydroxylation is 1. The van der Waals surface area contributed by atoms with Gasteiger partial charge in [0.2, 0.25) is 0 Å². The number of likely N-dealkylation sites (tertiary alicyclic amines) is 1. The molecule has 5 heteroatoms. The first kappa shape index (κ1) is 13.3. The summed E-state index contributed by atoms with van der Waals surface area (Å²) in [5.74, 6) is -0.00821. The van der Waals surface area contributed by atoms with E-state index in [2.05, 4.69) is 4.98 Å². The lowest BCUT2D eigenvalue weighted by Gasteiger charge is -2.34. The number of hydrogen-bond acceptors (Lipinski definition) is 3. The van der Waals surface area contributed by atoms with E-state index in [0.717, 1.165) is 5.69 Å². The van der Waals surface area contributed by atoms with Crippen LogP contribution in [0, 0.1) is 12.8 Å². The molecule has 4 nitrogen and oxygen atoms in total. The van der Waals surface area contributed by atoms with Crippen LogP contribution < -0.4 is 0 Å². The first-order chi connectivity index (χ1) is 8.49. The van der Waals surface area contributed by atoms with Gasteiger partial charge in [-0.25, -0.2) is 0 Å². The highest BCUT2D eigenvalue weighted by molar-refractivity contribution is 6.33. The quantitative estimate of drug-likeness (QED) is 0.846. The molecule has 0 radical (unpaired) electrons. The molecule has 1 aliphatic heterocycles. The molecule has 0 aliphatic carbocycles. The molecule has 1 amide bonds. The summed E-state index contributed by atoms with van der Waals surface area (Å²) >= 11 is 6.07. The van der Waals surface area contributed by atoms with Gasteiger partial charge in [-0.1, -0.05) is 18.5 Å². The van der Waals surface area contributed by atoms with Gasteiger partial charge in [0.25, 0.3) is 5.91 Å². The average molecular weight is 269 g/mol. The van der Waals surface area contributed by atoms with E-state index in [1.807, 2.05) is 13.8 Å². The summed E-state index contributed by atoms with van der Waals surface area (Å²) in [6.45, 7) is 4.90. The molecule has 1 aromatic rings. The van der Waals surface area contributed by atoms with Crippen LogP contribution in [0.3, 0.4) is 0 Å². The van der Waals surface area contributed by atoms with Crippen LogP contribution in [-0.2, 0) is 0 Å². The van der Waals surface area contributed by atoms with Crippen LogP contribution in [0.4, 0.5) is 0 Å². The Kier molecular flexibility index (Phi) is 3.88. The number of nitrogens with zero attached hydrogens (tertiary/aromatic N) is 2. The topological polar surface area (TPSA) is 53.4 Å². The van der Waals surface area contributed by atoms with Gasteiger partial charge in [0.05, 0.1) is 16.7 Å². The number of carbonyl (C=O) groups excluding carboxylic acids is 1. The van der Waals surface area contributed by atoms with Gasteiger partial charge in [0.1, 0.15) is 0 Å². The number of piperidine rings is 1.